The molecule has 0 bridgehead atoms. The van der Waals surface area contributed by atoms with Crippen LogP contribution >= 0.6 is 11.6 Å². The van der Waals surface area contributed by atoms with Gasteiger partial charge in [-0.05, 0) is 195 Å². The van der Waals surface area contributed by atoms with E-state index in [1.165, 1.54) is 108 Å². The number of amides is 1. The smallest absolute Gasteiger partial charge is 0.508 e. The van der Waals surface area contributed by atoms with Crippen molar-refractivity contribution in [2.24, 2.45) is 0 Å². The predicted molar refractivity (Wildman–Crippen MR) is 472 cm³/mol. The quantitative estimate of drug-likeness (QED) is 0.00814. The summed E-state index contributed by atoms with van der Waals surface area (Å²) in [7, 11) is 4.71. The molecule has 1 unspecified atom stereocenters. The van der Waals surface area contributed by atoms with Crippen LogP contribution in [0.3, 0.4) is 0 Å². The molecule has 654 valence electrons. The molecule has 2 saturated heterocycles. The largest absolute Gasteiger partial charge is 1.00 e. The number of hydrogen-bond donors (Lipinski definition) is 5. The normalized spacial score (nSPS) is 13.6. The molecule has 0 saturated carbocycles. The summed E-state index contributed by atoms with van der Waals surface area (Å²) in [6.45, 7) is 37.5. The zero-order valence-electron chi connectivity index (χ0n) is 73.3. The molecule has 9 aromatic rings. The van der Waals surface area contributed by atoms with Crippen molar-refractivity contribution >= 4 is 56.3 Å². The van der Waals surface area contributed by atoms with Gasteiger partial charge in [-0.3, -0.25) is 19.2 Å². The number of phenols is 1. The van der Waals surface area contributed by atoms with Gasteiger partial charge >= 0.3 is 24.8 Å². The molecule has 12 rings (SSSR count). The van der Waals surface area contributed by atoms with Crippen LogP contribution in [-0.4, -0.2) is 128 Å². The number of halogens is 6. The fourth-order valence-corrected chi connectivity index (χ4v) is 13.7. The number of rotatable bonds is 22. The summed E-state index contributed by atoms with van der Waals surface area (Å²) < 4.78 is 97.3. The van der Waals surface area contributed by atoms with Crippen molar-refractivity contribution in [2.45, 2.75) is 215 Å². The molecular weight excluding hydrogens is 1550 g/mol. The average Bonchev–Trinajstić information content (AvgIpc) is 0.799. The Morgan fingerprint density at radius 2 is 1.06 bits per heavy atom. The molecule has 1 atom stereocenters. The first-order valence-electron chi connectivity index (χ1n) is 40.4. The standard InChI is InChI=1S/C25H32FNO2.C16H22FNO3.C16H23FO2.C11H11FO2.C9H9N.C6H5FO.C5H7ClO.C4H9NO.C4H9.CH4.Li/c1-5-6-13-25(28,16-20-14-18-9-7-8-10-22(18)27-20)17-24(2,3)21-15-19(26)11-12-23(21)29-4;1-16(2,11-15(19)18-6-8-21-9-7-18)13-10-12(17)4-5-14(13)20-3;1-5-6-7-13(18)11-16(2,3)14-10-12(17)8-9-15(14)19-4;1-11(2)6-10(13)14-9-4-3-7(12)5-8(9)11;1-7-6-8-4-2-3-5-9(8)10-7;7-5-1-3-6(8)4-2-5;1-4(2)3-5(6)7;1-3-6-4-2-5-1;1-3-4-2;;/h7-12,14-15,27-28H,5-6,13,16-17H2,1-4H3;4-5,10H,6-9,11H2,1-3H3;8-10H,5-7,11H2,1-4H3;3-5H,6H2,1-2H3;2-6,10H,1H3;1-4,8H;3H,1-2H3;5H,1-4H2;1,3-4H2,2H3;1H4;/q;;;;;;;;-1;;+1. The van der Waals surface area contributed by atoms with E-state index in [2.05, 4.69) is 86.3 Å². The number of Topliss-reactive ketones (excluding diaryl/α,β-unsaturated/α-hetero) is 1. The van der Waals surface area contributed by atoms with Crippen LogP contribution in [0.1, 0.15) is 208 Å². The van der Waals surface area contributed by atoms with Crippen molar-refractivity contribution in [1.29, 1.82) is 0 Å². The van der Waals surface area contributed by atoms with Gasteiger partial charge in [0.15, 0.2) is 0 Å². The number of ether oxygens (including phenoxy) is 6. The number of aromatic amines is 2. The summed E-state index contributed by atoms with van der Waals surface area (Å²) in [4.78, 5) is 54.0. The second kappa shape index (κ2) is 53.9. The SMILES string of the molecule is C.C1COCCN1.CC(C)=CC(=O)Cl.CC1(C)CC(=O)Oc2ccc(F)cc21.CCCCC(=O)CC(C)(C)c1cc(F)ccc1OC.CCCCC(O)(Cc1cc2ccccc2[nH]1)CC(C)(C)c1cc(F)ccc1OC.COc1ccc(F)cc1C(C)(C)CC(=O)N1CCOCC1.Cc1cc2ccccc2[nH]1.Oc1ccc(F)cc1.[CH2-]CCC.[Li+]. The third kappa shape index (κ3) is 38.1. The van der Waals surface area contributed by atoms with Crippen LogP contribution in [-0.2, 0) is 56.7 Å². The number of allylic oxidation sites excluding steroid dienone is 2. The third-order valence-corrected chi connectivity index (χ3v) is 19.6. The summed E-state index contributed by atoms with van der Waals surface area (Å²) in [5.74, 6) is 0.952. The van der Waals surface area contributed by atoms with E-state index in [0.717, 1.165) is 97.3 Å². The molecule has 23 heteroatoms. The zero-order chi connectivity index (χ0) is 87.8. The number of carbonyl (C=O) groups is 4. The van der Waals surface area contributed by atoms with Crippen molar-refractivity contribution in [3.63, 3.8) is 0 Å². The van der Waals surface area contributed by atoms with Crippen molar-refractivity contribution in [1.82, 2.24) is 20.2 Å². The van der Waals surface area contributed by atoms with Gasteiger partial charge < -0.3 is 65.7 Å². The molecule has 0 aliphatic carbocycles. The first-order valence-corrected chi connectivity index (χ1v) is 40.8. The van der Waals surface area contributed by atoms with Crippen molar-refractivity contribution < 1.29 is 98.6 Å². The molecule has 2 aromatic heterocycles. The Hall–Kier alpha value is -8.78. The van der Waals surface area contributed by atoms with Gasteiger partial charge in [0.1, 0.15) is 63.6 Å². The van der Waals surface area contributed by atoms with Gasteiger partial charge in [0.2, 0.25) is 11.1 Å². The number of aromatic hydroxyl groups is 1. The third-order valence-electron chi connectivity index (χ3n) is 19.5. The summed E-state index contributed by atoms with van der Waals surface area (Å²) in [6.07, 6.45) is 10.9. The molecule has 3 aliphatic heterocycles. The molecular formula is C97H131ClF5LiN4O12. The molecule has 3 aliphatic rings. The van der Waals surface area contributed by atoms with Gasteiger partial charge in [-0.25, -0.2) is 22.0 Å². The van der Waals surface area contributed by atoms with Gasteiger partial charge in [-0.15, -0.1) is 0 Å². The number of nitrogens with zero attached hydrogens (tertiary/aromatic N) is 1. The van der Waals surface area contributed by atoms with E-state index >= 15 is 0 Å². The number of morpholine rings is 2. The minimum atomic E-state index is -0.905. The van der Waals surface area contributed by atoms with E-state index in [0.29, 0.717) is 99.8 Å². The molecule has 120 heavy (non-hydrogen) atoms. The monoisotopic (exact) mass is 1680 g/mol. The molecule has 0 spiro atoms. The Kier molecular flexibility index (Phi) is 48.2. The van der Waals surface area contributed by atoms with E-state index in [9.17, 15) is 46.2 Å². The Labute approximate surface area is 727 Å². The Balaban J connectivity index is 0.000000482. The fourth-order valence-electron chi connectivity index (χ4n) is 13.5. The number of fused-ring (bicyclic) bond motifs is 3. The Bertz CT molecular complexity index is 4470. The van der Waals surface area contributed by atoms with E-state index in [4.69, 9.17) is 45.1 Å². The van der Waals surface area contributed by atoms with Crippen LogP contribution in [0.15, 0.2) is 169 Å². The number of methoxy groups -OCH3 is 3. The Morgan fingerprint density at radius 3 is 1.48 bits per heavy atom. The van der Waals surface area contributed by atoms with Crippen molar-refractivity contribution in [3.05, 3.63) is 239 Å². The zero-order valence-corrected chi connectivity index (χ0v) is 74.1. The molecule has 0 radical (unpaired) electrons. The first kappa shape index (κ1) is 107. The summed E-state index contributed by atoms with van der Waals surface area (Å²) in [5, 5.41) is 25.5. The van der Waals surface area contributed by atoms with Crippen LogP contribution in [0.5, 0.6) is 28.7 Å². The number of benzene rings is 7. The number of nitrogens with one attached hydrogen (secondary N) is 3. The van der Waals surface area contributed by atoms with Crippen LogP contribution in [0.25, 0.3) is 21.8 Å². The molecule has 7 aromatic carbocycles. The molecule has 2 fully saturated rings. The molecule has 5 heterocycles. The number of carbonyl (C=O) groups excluding carboxylic acids is 4. The maximum absolute atomic E-state index is 14.0. The predicted octanol–water partition coefficient (Wildman–Crippen LogP) is 19.8. The topological polar surface area (TPSA) is 211 Å². The van der Waals surface area contributed by atoms with Crippen LogP contribution in [0, 0.1) is 42.9 Å². The number of ketones is 1. The number of hydrogen-bond acceptors (Lipinski definition) is 13. The van der Waals surface area contributed by atoms with Gasteiger partial charge in [0, 0.05) is 113 Å². The number of para-hydroxylation sites is 2. The maximum atomic E-state index is 14.0. The summed E-state index contributed by atoms with van der Waals surface area (Å²) >= 11 is 4.96. The van der Waals surface area contributed by atoms with E-state index in [1.54, 1.807) is 44.4 Å². The number of aryl methyl sites for hydroxylation is 1. The molecule has 5 N–H and O–H groups in total. The summed E-state index contributed by atoms with van der Waals surface area (Å²) in [5.41, 5.74) is 5.86. The number of aromatic nitrogens is 2. The van der Waals surface area contributed by atoms with Gasteiger partial charge in [-0.2, -0.15) is 6.42 Å². The van der Waals surface area contributed by atoms with E-state index < -0.39 is 27.1 Å². The maximum Gasteiger partial charge on any atom is 1.00 e. The van der Waals surface area contributed by atoms with Gasteiger partial charge in [0.05, 0.1) is 59.8 Å². The average molecular weight is 1680 g/mol. The number of esters is 1. The minimum absolute atomic E-state index is 0. The minimum Gasteiger partial charge on any atom is -0.508 e. The van der Waals surface area contributed by atoms with Crippen LogP contribution in [0.4, 0.5) is 22.0 Å². The van der Waals surface area contributed by atoms with Crippen molar-refractivity contribution in [3.8, 4) is 28.7 Å². The Morgan fingerprint density at radius 1 is 0.608 bits per heavy atom. The fraction of sp³-hybridized carbons (Fsp3) is 0.454. The van der Waals surface area contributed by atoms with Gasteiger partial charge in [0.25, 0.3) is 0 Å². The number of H-pyrrole nitrogens is 2. The van der Waals surface area contributed by atoms with E-state index in [1.807, 2.05) is 93.5 Å². The van der Waals surface area contributed by atoms with Crippen LogP contribution in [0.2, 0.25) is 0 Å². The number of aliphatic hydroxyl groups is 1. The van der Waals surface area contributed by atoms with E-state index in [-0.39, 0.29) is 84.2 Å². The molecule has 16 nitrogen and oxygen atoms in total. The summed E-state index contributed by atoms with van der Waals surface area (Å²) in [6, 6.07) is 43.4. The molecule has 1 amide bonds. The first-order chi connectivity index (χ1) is 55.8. The van der Waals surface area contributed by atoms with Crippen LogP contribution < -0.4 is 43.1 Å². The number of unbranched alkanes of at least 4 members (excludes halogenated alkanes) is 3. The second-order valence-electron chi connectivity index (χ2n) is 32.2. The number of phenolic OH excluding ortho intramolecular Hbond substituents is 1. The van der Waals surface area contributed by atoms with Gasteiger partial charge in [-0.1, -0.05) is 151 Å². The second-order valence-corrected chi connectivity index (χ2v) is 32.5. The van der Waals surface area contributed by atoms with Crippen molar-refractivity contribution in [2.75, 3.05) is 73.9 Å².